The number of benzene rings is 1. The second-order valence-electron chi connectivity index (χ2n) is 9.58. The lowest BCUT2D eigenvalue weighted by Gasteiger charge is -2.28. The highest BCUT2D eigenvalue weighted by Crippen LogP contribution is 2.44. The van der Waals surface area contributed by atoms with Gasteiger partial charge < -0.3 is 10.6 Å². The van der Waals surface area contributed by atoms with Gasteiger partial charge in [0.2, 0.25) is 5.95 Å². The van der Waals surface area contributed by atoms with Crippen molar-refractivity contribution in [1.82, 2.24) is 34.9 Å². The Hall–Kier alpha value is -3.50. The van der Waals surface area contributed by atoms with Crippen LogP contribution in [0.3, 0.4) is 0 Å². The first-order valence-electron chi connectivity index (χ1n) is 12.3. The molecule has 1 aliphatic heterocycles. The van der Waals surface area contributed by atoms with Gasteiger partial charge in [-0.2, -0.15) is 5.10 Å². The van der Waals surface area contributed by atoms with Crippen LogP contribution in [0.1, 0.15) is 35.7 Å². The zero-order chi connectivity index (χ0) is 24.8. The van der Waals surface area contributed by atoms with Gasteiger partial charge in [-0.15, -0.1) is 0 Å². The summed E-state index contributed by atoms with van der Waals surface area (Å²) in [6.07, 6.45) is 4.07. The lowest BCUT2D eigenvalue weighted by atomic mass is 10.1. The van der Waals surface area contributed by atoms with Crippen LogP contribution >= 0.6 is 0 Å². The number of aryl methyl sites for hydroxylation is 1. The zero-order valence-corrected chi connectivity index (χ0v) is 20.4. The third-order valence-electron chi connectivity index (χ3n) is 6.96. The molecule has 0 saturated heterocycles. The minimum absolute atomic E-state index is 0.0389. The van der Waals surface area contributed by atoms with Crippen molar-refractivity contribution in [2.75, 3.05) is 32.0 Å². The van der Waals surface area contributed by atoms with Gasteiger partial charge in [0.15, 0.2) is 11.6 Å². The van der Waals surface area contributed by atoms with E-state index in [1.54, 1.807) is 10.7 Å². The lowest BCUT2D eigenvalue weighted by molar-refractivity contribution is 0.254. The molecular weight excluding hydrogens is 462 g/mol. The monoisotopic (exact) mass is 490 g/mol. The first-order valence-corrected chi connectivity index (χ1v) is 12.3. The molecule has 1 saturated carbocycles. The van der Waals surface area contributed by atoms with E-state index in [4.69, 9.17) is 4.98 Å². The first kappa shape index (κ1) is 22.9. The highest BCUT2D eigenvalue weighted by molar-refractivity contribution is 5.87. The number of hydrogen-bond acceptors (Lipinski definition) is 7. The van der Waals surface area contributed by atoms with E-state index in [-0.39, 0.29) is 11.6 Å². The van der Waals surface area contributed by atoms with Gasteiger partial charge in [-0.05, 0) is 43.7 Å². The molecule has 2 N–H and O–H groups in total. The Labute approximate surface area is 207 Å². The van der Waals surface area contributed by atoms with Crippen LogP contribution in [0.4, 0.5) is 20.5 Å². The van der Waals surface area contributed by atoms with Crippen LogP contribution in [0.5, 0.6) is 0 Å². The molecule has 36 heavy (non-hydrogen) atoms. The van der Waals surface area contributed by atoms with Crippen molar-refractivity contribution in [3.05, 3.63) is 59.0 Å². The summed E-state index contributed by atoms with van der Waals surface area (Å²) < 4.78 is 31.5. The van der Waals surface area contributed by atoms with E-state index < -0.39 is 11.6 Å². The van der Waals surface area contributed by atoms with Gasteiger partial charge in [0.25, 0.3) is 0 Å². The summed E-state index contributed by atoms with van der Waals surface area (Å²) in [5.74, 6) is 0.0702. The molecule has 0 unspecified atom stereocenters. The number of likely N-dealkylation sites (N-methyl/N-ethyl adjacent to an activating group) is 1. The van der Waals surface area contributed by atoms with Crippen molar-refractivity contribution in [2.24, 2.45) is 7.05 Å². The molecule has 0 radical (unpaired) electrons. The minimum Gasteiger partial charge on any atom is -0.318 e. The van der Waals surface area contributed by atoms with E-state index in [9.17, 15) is 8.78 Å². The molecule has 3 aromatic heterocycles. The number of hydrogen-bond donors (Lipinski definition) is 2. The maximum atomic E-state index is 15.0. The molecule has 4 heterocycles. The maximum absolute atomic E-state index is 15.0. The fraction of sp³-hybridized carbons (Fsp3) is 0.385. The number of anilines is 2. The number of rotatable bonds is 7. The topological polar surface area (TPSA) is 83.8 Å². The predicted octanol–water partition coefficient (Wildman–Crippen LogP) is 3.90. The second-order valence-corrected chi connectivity index (χ2v) is 9.58. The van der Waals surface area contributed by atoms with Crippen LogP contribution in [0, 0.1) is 11.6 Å². The van der Waals surface area contributed by atoms with Crippen molar-refractivity contribution in [3.8, 4) is 11.3 Å². The minimum atomic E-state index is -0.615. The van der Waals surface area contributed by atoms with Crippen LogP contribution < -0.4 is 10.6 Å². The Kier molecular flexibility index (Phi) is 5.85. The molecule has 6 rings (SSSR count). The van der Waals surface area contributed by atoms with Crippen molar-refractivity contribution in [2.45, 2.75) is 31.7 Å². The van der Waals surface area contributed by atoms with Crippen LogP contribution in [0.2, 0.25) is 0 Å². The molecule has 8 nitrogen and oxygen atoms in total. The quantitative estimate of drug-likeness (QED) is 0.407. The highest BCUT2D eigenvalue weighted by atomic mass is 19.1. The average Bonchev–Trinajstić information content (AvgIpc) is 3.65. The zero-order valence-electron chi connectivity index (χ0n) is 20.4. The van der Waals surface area contributed by atoms with Gasteiger partial charge in [-0.1, -0.05) is 6.07 Å². The van der Waals surface area contributed by atoms with Gasteiger partial charge >= 0.3 is 0 Å². The van der Waals surface area contributed by atoms with E-state index in [0.717, 1.165) is 63.0 Å². The third-order valence-corrected chi connectivity index (χ3v) is 6.96. The Morgan fingerprint density at radius 2 is 1.97 bits per heavy atom. The van der Waals surface area contributed by atoms with E-state index in [1.165, 1.54) is 11.6 Å². The molecular formula is C26H28F2N8. The van der Waals surface area contributed by atoms with E-state index in [2.05, 4.69) is 36.7 Å². The first-order chi connectivity index (χ1) is 17.5. The molecule has 0 amide bonds. The second kappa shape index (κ2) is 9.18. The lowest BCUT2D eigenvalue weighted by Crippen LogP contribution is -2.35. The van der Waals surface area contributed by atoms with Crippen molar-refractivity contribution in [3.63, 3.8) is 0 Å². The van der Waals surface area contributed by atoms with Gasteiger partial charge in [-0.25, -0.2) is 23.7 Å². The predicted molar refractivity (Wildman–Crippen MR) is 134 cm³/mol. The van der Waals surface area contributed by atoms with Crippen molar-refractivity contribution in [1.29, 1.82) is 0 Å². The van der Waals surface area contributed by atoms with Gasteiger partial charge in [0.1, 0.15) is 17.0 Å². The summed E-state index contributed by atoms with van der Waals surface area (Å²) in [5.41, 5.74) is 3.94. The average molecular weight is 491 g/mol. The standard InChI is InChI=1S/C26H28F2N8/c1-29-8-10-36-9-7-21-16(14-36)5-6-22(31-21)32-26-30-13-20(28)23(33-26)17-11-18-24(19(27)12-17)34-35(2)25(18)15-3-4-15/h5-6,11-13,15,29H,3-4,7-10,14H2,1-2H3,(H,30,31,32,33). The summed E-state index contributed by atoms with van der Waals surface area (Å²) in [4.78, 5) is 15.6. The number of fused-ring (bicyclic) bond motifs is 2. The number of pyridine rings is 1. The van der Waals surface area contributed by atoms with Gasteiger partial charge in [-0.3, -0.25) is 9.58 Å². The number of aromatic nitrogens is 5. The SMILES string of the molecule is CNCCN1CCc2nc(Nc3ncc(F)c(-c4cc(F)c5nn(C)c(C6CC6)c5c4)n3)ccc2C1. The van der Waals surface area contributed by atoms with E-state index in [0.29, 0.717) is 28.2 Å². The largest absolute Gasteiger partial charge is 0.318 e. The summed E-state index contributed by atoms with van der Waals surface area (Å²) in [7, 11) is 3.78. The molecule has 1 aromatic carbocycles. The molecule has 186 valence electrons. The highest BCUT2D eigenvalue weighted by Gasteiger charge is 2.30. The van der Waals surface area contributed by atoms with Crippen LogP contribution in [-0.4, -0.2) is 56.3 Å². The van der Waals surface area contributed by atoms with Crippen LogP contribution in [0.25, 0.3) is 22.2 Å². The van der Waals surface area contributed by atoms with E-state index in [1.807, 2.05) is 20.2 Å². The Balaban J connectivity index is 1.28. The molecule has 0 bridgehead atoms. The Morgan fingerprint density at radius 3 is 2.78 bits per heavy atom. The summed E-state index contributed by atoms with van der Waals surface area (Å²) in [6.45, 7) is 3.77. The molecule has 10 heteroatoms. The smallest absolute Gasteiger partial charge is 0.229 e. The summed E-state index contributed by atoms with van der Waals surface area (Å²) in [6, 6.07) is 7.02. The molecule has 0 spiro atoms. The summed E-state index contributed by atoms with van der Waals surface area (Å²) in [5, 5.41) is 11.3. The van der Waals surface area contributed by atoms with E-state index >= 15 is 0 Å². The van der Waals surface area contributed by atoms with Crippen molar-refractivity contribution >= 4 is 22.7 Å². The number of halogens is 2. The molecule has 4 aromatic rings. The van der Waals surface area contributed by atoms with Gasteiger partial charge in [0, 0.05) is 67.9 Å². The fourth-order valence-electron chi connectivity index (χ4n) is 5.00. The summed E-state index contributed by atoms with van der Waals surface area (Å²) >= 11 is 0. The molecule has 2 aliphatic rings. The van der Waals surface area contributed by atoms with Gasteiger partial charge in [0.05, 0.1) is 6.20 Å². The molecule has 1 aliphatic carbocycles. The fourth-order valence-corrected chi connectivity index (χ4v) is 5.00. The maximum Gasteiger partial charge on any atom is 0.229 e. The number of nitrogens with one attached hydrogen (secondary N) is 2. The van der Waals surface area contributed by atoms with Crippen LogP contribution in [0.15, 0.2) is 30.5 Å². The third kappa shape index (κ3) is 4.31. The molecule has 1 fully saturated rings. The normalized spacial score (nSPS) is 15.9. The Morgan fingerprint density at radius 1 is 1.11 bits per heavy atom. The molecule has 0 atom stereocenters. The van der Waals surface area contributed by atoms with Crippen molar-refractivity contribution < 1.29 is 8.78 Å². The van der Waals surface area contributed by atoms with Crippen LogP contribution in [-0.2, 0) is 20.0 Å². The Bertz CT molecular complexity index is 1450. The number of nitrogens with zero attached hydrogens (tertiary/aromatic N) is 6.